The van der Waals surface area contributed by atoms with E-state index in [0.717, 1.165) is 9.13 Å². The number of esters is 1. The third-order valence-electron chi connectivity index (χ3n) is 2.89. The molecule has 2 rings (SSSR count). The van der Waals surface area contributed by atoms with Crippen LogP contribution >= 0.6 is 34.2 Å². The Bertz CT molecular complexity index is 718. The minimum Gasteiger partial charge on any atom is -0.452 e. The molecule has 0 atom stereocenters. The summed E-state index contributed by atoms with van der Waals surface area (Å²) in [6.45, 7) is 1.53. The van der Waals surface area contributed by atoms with Gasteiger partial charge < -0.3 is 10.1 Å². The van der Waals surface area contributed by atoms with Crippen LogP contribution in [0.2, 0.25) is 5.02 Å². The van der Waals surface area contributed by atoms with Crippen LogP contribution in [0.5, 0.6) is 0 Å². The van der Waals surface area contributed by atoms with Crippen LogP contribution in [0.25, 0.3) is 0 Å². The number of anilines is 1. The number of hydrogen-bond acceptors (Lipinski definition) is 3. The molecule has 1 N–H and O–H groups in total. The van der Waals surface area contributed by atoms with E-state index in [-0.39, 0.29) is 12.2 Å². The molecule has 0 aliphatic rings. The molecule has 0 radical (unpaired) electrons. The fourth-order valence-electron chi connectivity index (χ4n) is 1.79. The fraction of sp³-hybridized carbons (Fsp3) is 0.125. The zero-order valence-electron chi connectivity index (χ0n) is 11.7. The van der Waals surface area contributed by atoms with E-state index in [0.29, 0.717) is 10.7 Å². The van der Waals surface area contributed by atoms with Crippen molar-refractivity contribution in [2.75, 3.05) is 11.9 Å². The first kappa shape index (κ1) is 16.8. The predicted molar refractivity (Wildman–Crippen MR) is 94.3 cm³/mol. The molecule has 0 unspecified atom stereocenters. The molecule has 0 saturated heterocycles. The number of carbonyl (C=O) groups is 2. The highest BCUT2D eigenvalue weighted by atomic mass is 127. The van der Waals surface area contributed by atoms with Crippen molar-refractivity contribution >= 4 is 51.8 Å². The van der Waals surface area contributed by atoms with Crippen molar-refractivity contribution < 1.29 is 14.3 Å². The van der Waals surface area contributed by atoms with Crippen LogP contribution in [-0.4, -0.2) is 18.5 Å². The van der Waals surface area contributed by atoms with Gasteiger partial charge in [0.05, 0.1) is 10.6 Å². The third-order valence-corrected chi connectivity index (χ3v) is 3.89. The number of hydrogen-bond donors (Lipinski definition) is 1. The molecule has 0 heterocycles. The Balaban J connectivity index is 1.93. The molecule has 0 aromatic heterocycles. The first-order valence-electron chi connectivity index (χ1n) is 6.45. The minimum absolute atomic E-state index is 0.238. The number of halogens is 2. The van der Waals surface area contributed by atoms with Crippen LogP contribution in [0.3, 0.4) is 0 Å². The summed E-state index contributed by atoms with van der Waals surface area (Å²) in [4.78, 5) is 23.7. The number of ether oxygens (including phenoxy) is 1. The zero-order chi connectivity index (χ0) is 16.1. The fourth-order valence-corrected chi connectivity index (χ4v) is 2.65. The molecular weight excluding hydrogens is 417 g/mol. The summed E-state index contributed by atoms with van der Waals surface area (Å²) < 4.78 is 6.05. The maximum Gasteiger partial charge on any atom is 0.340 e. The number of amides is 1. The number of benzene rings is 2. The quantitative estimate of drug-likeness (QED) is 0.589. The normalized spacial score (nSPS) is 10.1. The highest BCUT2D eigenvalue weighted by Gasteiger charge is 2.13. The second-order valence-electron chi connectivity index (χ2n) is 4.56. The van der Waals surface area contributed by atoms with Crippen molar-refractivity contribution in [3.05, 3.63) is 62.2 Å². The molecule has 1 amide bonds. The topological polar surface area (TPSA) is 55.4 Å². The lowest BCUT2D eigenvalue weighted by atomic mass is 10.2. The third kappa shape index (κ3) is 4.45. The lowest BCUT2D eigenvalue weighted by Crippen LogP contribution is -2.21. The van der Waals surface area contributed by atoms with Crippen molar-refractivity contribution in [2.45, 2.75) is 6.92 Å². The van der Waals surface area contributed by atoms with Crippen molar-refractivity contribution in [3.8, 4) is 0 Å². The van der Waals surface area contributed by atoms with Gasteiger partial charge in [0, 0.05) is 9.26 Å². The molecule has 0 bridgehead atoms. The van der Waals surface area contributed by atoms with E-state index in [1.807, 2.05) is 25.1 Å². The van der Waals surface area contributed by atoms with Gasteiger partial charge in [-0.1, -0.05) is 23.7 Å². The van der Waals surface area contributed by atoms with Gasteiger partial charge in [0.25, 0.3) is 5.91 Å². The Morgan fingerprint density at radius 3 is 2.64 bits per heavy atom. The van der Waals surface area contributed by atoms with E-state index in [9.17, 15) is 9.59 Å². The number of rotatable bonds is 4. The maximum atomic E-state index is 11.8. The molecule has 2 aromatic carbocycles. The van der Waals surface area contributed by atoms with Gasteiger partial charge >= 0.3 is 5.97 Å². The molecule has 0 spiro atoms. The van der Waals surface area contributed by atoms with Crippen molar-refractivity contribution in [2.24, 2.45) is 0 Å². The van der Waals surface area contributed by atoms with Gasteiger partial charge in [-0.25, -0.2) is 4.79 Å². The highest BCUT2D eigenvalue weighted by molar-refractivity contribution is 14.1. The van der Waals surface area contributed by atoms with Crippen LogP contribution in [0.1, 0.15) is 15.9 Å². The molecule has 0 fully saturated rings. The first-order chi connectivity index (χ1) is 10.5. The van der Waals surface area contributed by atoms with E-state index >= 15 is 0 Å². The van der Waals surface area contributed by atoms with Crippen molar-refractivity contribution in [1.82, 2.24) is 0 Å². The Morgan fingerprint density at radius 2 is 1.95 bits per heavy atom. The zero-order valence-corrected chi connectivity index (χ0v) is 14.6. The van der Waals surface area contributed by atoms with Crippen molar-refractivity contribution in [3.63, 3.8) is 0 Å². The van der Waals surface area contributed by atoms with E-state index in [4.69, 9.17) is 16.3 Å². The van der Waals surface area contributed by atoms with Crippen LogP contribution in [0, 0.1) is 10.5 Å². The molecular formula is C16H13ClINO3. The van der Waals surface area contributed by atoms with E-state index in [1.54, 1.807) is 24.3 Å². The number of carbonyl (C=O) groups excluding carboxylic acids is 2. The maximum absolute atomic E-state index is 11.8. The number of aryl methyl sites for hydroxylation is 1. The Hall–Kier alpha value is -1.60. The largest absolute Gasteiger partial charge is 0.452 e. The van der Waals surface area contributed by atoms with E-state index in [1.165, 1.54) is 0 Å². The summed E-state index contributed by atoms with van der Waals surface area (Å²) in [5, 5.41) is 3.00. The van der Waals surface area contributed by atoms with E-state index < -0.39 is 11.9 Å². The molecule has 0 aliphatic carbocycles. The van der Waals surface area contributed by atoms with E-state index in [2.05, 4.69) is 27.9 Å². The second-order valence-corrected chi connectivity index (χ2v) is 6.22. The van der Waals surface area contributed by atoms with Crippen LogP contribution in [0.15, 0.2) is 42.5 Å². The molecule has 0 saturated carbocycles. The average Bonchev–Trinajstić information content (AvgIpc) is 2.48. The Kier molecular flexibility index (Phi) is 5.79. The monoisotopic (exact) mass is 429 g/mol. The van der Waals surface area contributed by atoms with Gasteiger partial charge in [-0.15, -0.1) is 0 Å². The summed E-state index contributed by atoms with van der Waals surface area (Å²) in [7, 11) is 0. The van der Waals surface area contributed by atoms with Crippen LogP contribution in [0.4, 0.5) is 5.69 Å². The summed E-state index contributed by atoms with van der Waals surface area (Å²) in [6, 6.07) is 12.2. The SMILES string of the molecule is Cc1cc(I)ccc1NC(=O)COC(=O)c1ccccc1Cl. The van der Waals surface area contributed by atoms with Crippen LogP contribution < -0.4 is 5.32 Å². The molecule has 22 heavy (non-hydrogen) atoms. The van der Waals surface area contributed by atoms with Gasteiger partial charge in [0.15, 0.2) is 6.61 Å². The molecule has 2 aromatic rings. The summed E-state index contributed by atoms with van der Waals surface area (Å²) in [5.41, 5.74) is 1.87. The van der Waals surface area contributed by atoms with Crippen molar-refractivity contribution in [1.29, 1.82) is 0 Å². The molecule has 0 aliphatic heterocycles. The lowest BCUT2D eigenvalue weighted by molar-refractivity contribution is -0.119. The second kappa shape index (κ2) is 7.60. The van der Waals surface area contributed by atoms with Gasteiger partial charge in [-0.3, -0.25) is 4.79 Å². The van der Waals surface area contributed by atoms with Gasteiger partial charge in [0.1, 0.15) is 0 Å². The van der Waals surface area contributed by atoms with Gasteiger partial charge in [-0.2, -0.15) is 0 Å². The summed E-state index contributed by atoms with van der Waals surface area (Å²) in [6.07, 6.45) is 0. The standard InChI is InChI=1S/C16H13ClINO3/c1-10-8-11(18)6-7-14(10)19-15(20)9-22-16(21)12-4-2-3-5-13(12)17/h2-8H,9H2,1H3,(H,19,20). The summed E-state index contributed by atoms with van der Waals surface area (Å²) in [5.74, 6) is -1.02. The predicted octanol–water partition coefficient (Wildman–Crippen LogP) is 4.05. The Morgan fingerprint density at radius 1 is 1.23 bits per heavy atom. The molecule has 114 valence electrons. The minimum atomic E-state index is -0.625. The smallest absolute Gasteiger partial charge is 0.340 e. The lowest BCUT2D eigenvalue weighted by Gasteiger charge is -2.09. The molecule has 6 heteroatoms. The van der Waals surface area contributed by atoms with Gasteiger partial charge in [-0.05, 0) is 65.4 Å². The molecule has 4 nitrogen and oxygen atoms in total. The number of nitrogens with one attached hydrogen (secondary N) is 1. The first-order valence-corrected chi connectivity index (χ1v) is 7.90. The average molecular weight is 430 g/mol. The Labute approximate surface area is 146 Å². The van der Waals surface area contributed by atoms with Crippen LogP contribution in [-0.2, 0) is 9.53 Å². The summed E-state index contributed by atoms with van der Waals surface area (Å²) >= 11 is 8.09. The van der Waals surface area contributed by atoms with Gasteiger partial charge in [0.2, 0.25) is 0 Å². The highest BCUT2D eigenvalue weighted by Crippen LogP contribution is 2.18.